The molecule has 3 rings (SSSR count). The summed E-state index contributed by atoms with van der Waals surface area (Å²) in [5, 5.41) is 6.15. The molecule has 1 aromatic heterocycles. The molecule has 0 aliphatic carbocycles. The van der Waals surface area contributed by atoms with Gasteiger partial charge in [-0.05, 0) is 48.5 Å². The van der Waals surface area contributed by atoms with Gasteiger partial charge in [0, 0.05) is 31.0 Å². The topological polar surface area (TPSA) is 74.3 Å². The number of benzene rings is 2. The van der Waals surface area contributed by atoms with Crippen LogP contribution in [-0.2, 0) is 0 Å². The maximum absolute atomic E-state index is 12.6. The number of nitrogens with zero attached hydrogens (tertiary/aromatic N) is 2. The van der Waals surface area contributed by atoms with Crippen LogP contribution in [-0.4, -0.2) is 30.9 Å². The van der Waals surface area contributed by atoms with Crippen LogP contribution in [0.15, 0.2) is 66.9 Å². The monoisotopic (exact) mass is 394 g/mol. The molecule has 28 heavy (non-hydrogen) atoms. The van der Waals surface area contributed by atoms with Crippen molar-refractivity contribution in [3.05, 3.63) is 83.0 Å². The molecule has 0 fully saturated rings. The number of amides is 2. The minimum Gasteiger partial charge on any atom is -0.363 e. The predicted octanol–water partition coefficient (Wildman–Crippen LogP) is 4.31. The van der Waals surface area contributed by atoms with Gasteiger partial charge in [-0.25, -0.2) is 4.98 Å². The average molecular weight is 395 g/mol. The fraction of sp³-hybridized carbons (Fsp3) is 0.0952. The molecule has 7 heteroatoms. The summed E-state index contributed by atoms with van der Waals surface area (Å²) in [5.74, 6) is 0.0724. The first-order chi connectivity index (χ1) is 13.4. The first kappa shape index (κ1) is 19.4. The summed E-state index contributed by atoms with van der Waals surface area (Å²) >= 11 is 5.87. The van der Waals surface area contributed by atoms with Crippen molar-refractivity contribution in [2.45, 2.75) is 0 Å². The minimum atomic E-state index is -0.343. The number of aromatic nitrogens is 1. The second-order valence-electron chi connectivity index (χ2n) is 6.26. The van der Waals surface area contributed by atoms with Crippen LogP contribution in [0.3, 0.4) is 0 Å². The lowest BCUT2D eigenvalue weighted by molar-refractivity contribution is 0.102. The van der Waals surface area contributed by atoms with Crippen molar-refractivity contribution in [1.82, 2.24) is 4.98 Å². The van der Waals surface area contributed by atoms with Gasteiger partial charge in [-0.15, -0.1) is 0 Å². The number of nitrogens with one attached hydrogen (secondary N) is 2. The van der Waals surface area contributed by atoms with E-state index in [0.717, 1.165) is 5.82 Å². The van der Waals surface area contributed by atoms with E-state index in [0.29, 0.717) is 27.5 Å². The Hall–Kier alpha value is -3.38. The van der Waals surface area contributed by atoms with Gasteiger partial charge in [0.05, 0.1) is 16.8 Å². The number of pyridine rings is 1. The van der Waals surface area contributed by atoms with Gasteiger partial charge in [-0.3, -0.25) is 9.59 Å². The molecule has 0 aliphatic rings. The first-order valence-electron chi connectivity index (χ1n) is 8.55. The normalized spacial score (nSPS) is 10.2. The van der Waals surface area contributed by atoms with Gasteiger partial charge in [-0.2, -0.15) is 0 Å². The Kier molecular flexibility index (Phi) is 5.91. The van der Waals surface area contributed by atoms with Crippen molar-refractivity contribution >= 4 is 40.6 Å². The van der Waals surface area contributed by atoms with E-state index >= 15 is 0 Å². The number of halogens is 1. The Morgan fingerprint density at radius 3 is 2.25 bits per heavy atom. The first-order valence-corrected chi connectivity index (χ1v) is 8.92. The quantitative estimate of drug-likeness (QED) is 0.676. The maximum Gasteiger partial charge on any atom is 0.257 e. The lowest BCUT2D eigenvalue weighted by Gasteiger charge is -2.13. The summed E-state index contributed by atoms with van der Waals surface area (Å²) in [6.45, 7) is 0. The van der Waals surface area contributed by atoms with Crippen LogP contribution < -0.4 is 15.5 Å². The Bertz CT molecular complexity index is 986. The van der Waals surface area contributed by atoms with Crippen LogP contribution in [0.2, 0.25) is 5.02 Å². The molecule has 0 radical (unpaired) electrons. The predicted molar refractivity (Wildman–Crippen MR) is 112 cm³/mol. The van der Waals surface area contributed by atoms with E-state index in [1.807, 2.05) is 19.0 Å². The van der Waals surface area contributed by atoms with E-state index in [1.54, 1.807) is 60.7 Å². The molecule has 2 amide bonds. The number of anilines is 3. The van der Waals surface area contributed by atoms with Gasteiger partial charge in [0.1, 0.15) is 5.82 Å². The van der Waals surface area contributed by atoms with Gasteiger partial charge >= 0.3 is 0 Å². The SMILES string of the molecule is CN(C)c1ccc(C(=O)Nc2ccccc2C(=O)Nc2ccc(Cl)cc2)cn1. The van der Waals surface area contributed by atoms with Crippen molar-refractivity contribution in [2.24, 2.45) is 0 Å². The number of rotatable bonds is 5. The van der Waals surface area contributed by atoms with E-state index in [9.17, 15) is 9.59 Å². The molecule has 0 spiro atoms. The lowest BCUT2D eigenvalue weighted by atomic mass is 10.1. The van der Waals surface area contributed by atoms with Crippen LogP contribution in [0.5, 0.6) is 0 Å². The van der Waals surface area contributed by atoms with Crippen LogP contribution in [0, 0.1) is 0 Å². The van der Waals surface area contributed by atoms with E-state index in [2.05, 4.69) is 15.6 Å². The number of para-hydroxylation sites is 1. The number of hydrogen-bond donors (Lipinski definition) is 2. The van der Waals surface area contributed by atoms with E-state index in [-0.39, 0.29) is 11.8 Å². The fourth-order valence-corrected chi connectivity index (χ4v) is 2.63. The van der Waals surface area contributed by atoms with Crippen LogP contribution >= 0.6 is 11.6 Å². The molecule has 1 heterocycles. The third-order valence-corrected chi connectivity index (χ3v) is 4.24. The number of carbonyl (C=O) groups excluding carboxylic acids is 2. The van der Waals surface area contributed by atoms with Crippen molar-refractivity contribution < 1.29 is 9.59 Å². The Balaban J connectivity index is 1.76. The maximum atomic E-state index is 12.6. The molecule has 2 N–H and O–H groups in total. The molecule has 0 atom stereocenters. The highest BCUT2D eigenvalue weighted by molar-refractivity contribution is 6.30. The zero-order valence-electron chi connectivity index (χ0n) is 15.4. The molecular formula is C21H19ClN4O2. The highest BCUT2D eigenvalue weighted by Gasteiger charge is 2.15. The summed E-state index contributed by atoms with van der Waals surface area (Å²) in [7, 11) is 3.75. The Labute approximate surface area is 168 Å². The largest absolute Gasteiger partial charge is 0.363 e. The lowest BCUT2D eigenvalue weighted by Crippen LogP contribution is -2.18. The van der Waals surface area contributed by atoms with E-state index < -0.39 is 0 Å². The smallest absolute Gasteiger partial charge is 0.257 e. The molecule has 0 saturated carbocycles. The zero-order chi connectivity index (χ0) is 20.1. The molecule has 0 aliphatic heterocycles. The van der Waals surface area contributed by atoms with Crippen molar-refractivity contribution in [3.8, 4) is 0 Å². The Morgan fingerprint density at radius 2 is 1.61 bits per heavy atom. The van der Waals surface area contributed by atoms with Gasteiger partial charge in [0.25, 0.3) is 11.8 Å². The minimum absolute atomic E-state index is 0.334. The molecule has 0 saturated heterocycles. The second kappa shape index (κ2) is 8.54. The zero-order valence-corrected chi connectivity index (χ0v) is 16.2. The van der Waals surface area contributed by atoms with Crippen molar-refractivity contribution in [1.29, 1.82) is 0 Å². The molecule has 2 aromatic carbocycles. The van der Waals surface area contributed by atoms with Crippen LogP contribution in [0.1, 0.15) is 20.7 Å². The fourth-order valence-electron chi connectivity index (χ4n) is 2.50. The molecule has 0 bridgehead atoms. The summed E-state index contributed by atoms with van der Waals surface area (Å²) in [6, 6.07) is 17.1. The molecule has 142 valence electrons. The van der Waals surface area contributed by atoms with Crippen LogP contribution in [0.25, 0.3) is 0 Å². The van der Waals surface area contributed by atoms with Crippen LogP contribution in [0.4, 0.5) is 17.2 Å². The third-order valence-electron chi connectivity index (χ3n) is 3.99. The van der Waals surface area contributed by atoms with E-state index in [4.69, 9.17) is 11.6 Å². The average Bonchev–Trinajstić information content (AvgIpc) is 2.70. The summed E-state index contributed by atoms with van der Waals surface area (Å²) in [4.78, 5) is 31.3. The van der Waals surface area contributed by atoms with E-state index in [1.165, 1.54) is 6.20 Å². The third kappa shape index (κ3) is 4.66. The van der Waals surface area contributed by atoms with Gasteiger partial charge in [-0.1, -0.05) is 23.7 Å². The van der Waals surface area contributed by atoms with Gasteiger partial charge in [0.2, 0.25) is 0 Å². The van der Waals surface area contributed by atoms with Gasteiger partial charge < -0.3 is 15.5 Å². The molecular weight excluding hydrogens is 376 g/mol. The van der Waals surface area contributed by atoms with Gasteiger partial charge in [0.15, 0.2) is 0 Å². The summed E-state index contributed by atoms with van der Waals surface area (Å²) in [6.07, 6.45) is 1.50. The standard InChI is InChI=1S/C21H19ClN4O2/c1-26(2)19-12-7-14(13-23-19)20(27)25-18-6-4-3-5-17(18)21(28)24-16-10-8-15(22)9-11-16/h3-13H,1-2H3,(H,24,28)(H,25,27). The molecule has 0 unspecified atom stereocenters. The van der Waals surface area contributed by atoms with Crippen molar-refractivity contribution in [3.63, 3.8) is 0 Å². The highest BCUT2D eigenvalue weighted by Crippen LogP contribution is 2.20. The Morgan fingerprint density at radius 1 is 0.893 bits per heavy atom. The molecule has 3 aromatic rings. The summed E-state index contributed by atoms with van der Waals surface area (Å²) in [5.41, 5.74) is 1.77. The van der Waals surface area contributed by atoms with Crippen molar-refractivity contribution in [2.75, 3.05) is 29.6 Å². The second-order valence-corrected chi connectivity index (χ2v) is 6.70. The summed E-state index contributed by atoms with van der Waals surface area (Å²) < 4.78 is 0. The number of hydrogen-bond acceptors (Lipinski definition) is 4. The highest BCUT2D eigenvalue weighted by atomic mass is 35.5. The molecule has 6 nitrogen and oxygen atoms in total. The number of carbonyl (C=O) groups is 2.